The summed E-state index contributed by atoms with van der Waals surface area (Å²) < 4.78 is 0. The minimum atomic E-state index is -0.401. The van der Waals surface area contributed by atoms with E-state index in [1.165, 1.54) is 4.88 Å². The van der Waals surface area contributed by atoms with Gasteiger partial charge in [0.2, 0.25) is 5.91 Å². The number of hydrogen-bond donors (Lipinski definition) is 1. The summed E-state index contributed by atoms with van der Waals surface area (Å²) in [5.74, 6) is 0.229. The Kier molecular flexibility index (Phi) is 7.48. The van der Waals surface area contributed by atoms with E-state index in [1.54, 1.807) is 0 Å². The molecule has 0 unspecified atom stereocenters. The molecule has 2 atom stereocenters. The Morgan fingerprint density at radius 1 is 1.19 bits per heavy atom. The Balaban J connectivity index is 1.58. The number of hydrogen-bond acceptors (Lipinski definition) is 3. The average Bonchev–Trinajstić information content (AvgIpc) is 3.32. The molecule has 1 N–H and O–H groups in total. The van der Waals surface area contributed by atoms with Crippen molar-refractivity contribution < 1.29 is 9.90 Å². The molecule has 0 spiro atoms. The molecule has 1 aliphatic heterocycles. The normalized spacial score (nSPS) is 18.2. The lowest BCUT2D eigenvalue weighted by atomic mass is 10.0. The fraction of sp³-hybridized carbons (Fsp3) is 0.522. The second kappa shape index (κ2) is 10.0. The first kappa shape index (κ1) is 20.1. The molecule has 27 heavy (non-hydrogen) atoms. The first-order valence-electron chi connectivity index (χ1n) is 10.3. The smallest absolute Gasteiger partial charge is 0.227 e. The number of carbonyl (C=O) groups excluding carboxylic acids is 1. The summed E-state index contributed by atoms with van der Waals surface area (Å²) >= 11 is 1.81. The molecule has 4 heteroatoms. The monoisotopic (exact) mass is 385 g/mol. The van der Waals surface area contributed by atoms with Gasteiger partial charge in [-0.15, -0.1) is 11.3 Å². The lowest BCUT2D eigenvalue weighted by Gasteiger charge is -2.25. The number of benzene rings is 1. The van der Waals surface area contributed by atoms with Gasteiger partial charge in [0.25, 0.3) is 0 Å². The van der Waals surface area contributed by atoms with Gasteiger partial charge >= 0.3 is 0 Å². The van der Waals surface area contributed by atoms with E-state index in [0.29, 0.717) is 12.5 Å². The highest BCUT2D eigenvalue weighted by Gasteiger charge is 2.31. The van der Waals surface area contributed by atoms with Gasteiger partial charge in [0, 0.05) is 23.0 Å². The number of nitrogens with zero attached hydrogens (tertiary/aromatic N) is 1. The molecule has 0 saturated carbocycles. The molecular weight excluding hydrogens is 354 g/mol. The van der Waals surface area contributed by atoms with Crippen LogP contribution in [0.1, 0.15) is 74.8 Å². The van der Waals surface area contributed by atoms with Crippen LogP contribution in [-0.4, -0.2) is 17.1 Å². The van der Waals surface area contributed by atoms with Crippen LogP contribution in [0.15, 0.2) is 41.8 Å². The van der Waals surface area contributed by atoms with Crippen molar-refractivity contribution in [2.45, 2.75) is 76.9 Å². The first-order chi connectivity index (χ1) is 13.2. The van der Waals surface area contributed by atoms with Crippen molar-refractivity contribution in [2.75, 3.05) is 4.90 Å². The van der Waals surface area contributed by atoms with Crippen LogP contribution in [0, 0.1) is 0 Å². The predicted octanol–water partition coefficient (Wildman–Crippen LogP) is 5.88. The summed E-state index contributed by atoms with van der Waals surface area (Å²) in [6.07, 6.45) is 8.63. The zero-order chi connectivity index (χ0) is 19.1. The van der Waals surface area contributed by atoms with E-state index in [0.717, 1.165) is 62.6 Å². The molecule has 2 heterocycles. The third-order valence-electron chi connectivity index (χ3n) is 5.50. The number of anilines is 1. The molecule has 1 saturated heterocycles. The van der Waals surface area contributed by atoms with Crippen LogP contribution >= 0.6 is 11.3 Å². The third kappa shape index (κ3) is 5.43. The van der Waals surface area contributed by atoms with Crippen molar-refractivity contribution in [3.8, 4) is 0 Å². The van der Waals surface area contributed by atoms with Gasteiger partial charge in [0.05, 0.1) is 6.10 Å². The van der Waals surface area contributed by atoms with Crippen molar-refractivity contribution in [2.24, 2.45) is 0 Å². The molecule has 1 fully saturated rings. The van der Waals surface area contributed by atoms with Crippen LogP contribution in [0.3, 0.4) is 0 Å². The van der Waals surface area contributed by atoms with Crippen molar-refractivity contribution in [1.82, 2.24) is 0 Å². The zero-order valence-electron chi connectivity index (χ0n) is 16.3. The van der Waals surface area contributed by atoms with Gasteiger partial charge in [-0.05, 0) is 61.2 Å². The fourth-order valence-electron chi connectivity index (χ4n) is 3.95. The highest BCUT2D eigenvalue weighted by atomic mass is 32.1. The van der Waals surface area contributed by atoms with Gasteiger partial charge in [-0.2, -0.15) is 0 Å². The molecule has 1 aromatic carbocycles. The van der Waals surface area contributed by atoms with E-state index >= 15 is 0 Å². The molecule has 1 aromatic heterocycles. The standard InChI is InChI=1S/C23H31NO2S/c1-2-3-4-10-22(25)18-11-13-20(14-12-18)24-19(15-16-23(24)26)7-5-8-21-9-6-17-27-21/h6,9,11-14,17,19,22,25H,2-5,7-8,10,15-16H2,1H3/t19-,22+/m0/s1. The Morgan fingerprint density at radius 3 is 2.70 bits per heavy atom. The highest BCUT2D eigenvalue weighted by Crippen LogP contribution is 2.31. The van der Waals surface area contributed by atoms with E-state index in [1.807, 2.05) is 40.5 Å². The zero-order valence-corrected chi connectivity index (χ0v) is 17.1. The minimum absolute atomic E-state index is 0.229. The number of rotatable bonds is 10. The maximum atomic E-state index is 12.4. The van der Waals surface area contributed by atoms with Gasteiger partial charge in [-0.1, -0.05) is 44.4 Å². The van der Waals surface area contributed by atoms with Gasteiger partial charge in [0.15, 0.2) is 0 Å². The van der Waals surface area contributed by atoms with Crippen LogP contribution < -0.4 is 4.90 Å². The number of unbranched alkanes of at least 4 members (excludes halogenated alkanes) is 2. The molecule has 1 amide bonds. The quantitative estimate of drug-likeness (QED) is 0.519. The molecule has 0 bridgehead atoms. The fourth-order valence-corrected chi connectivity index (χ4v) is 4.70. The topological polar surface area (TPSA) is 40.5 Å². The van der Waals surface area contributed by atoms with Crippen molar-refractivity contribution in [3.63, 3.8) is 0 Å². The van der Waals surface area contributed by atoms with Crippen LogP contribution in [0.2, 0.25) is 0 Å². The van der Waals surface area contributed by atoms with E-state index in [4.69, 9.17) is 0 Å². The molecule has 0 radical (unpaired) electrons. The second-order valence-electron chi connectivity index (χ2n) is 7.53. The van der Waals surface area contributed by atoms with Crippen LogP contribution in [0.25, 0.3) is 0 Å². The summed E-state index contributed by atoms with van der Waals surface area (Å²) in [6.45, 7) is 2.17. The lowest BCUT2D eigenvalue weighted by Crippen LogP contribution is -2.32. The van der Waals surface area contributed by atoms with E-state index in [-0.39, 0.29) is 5.91 Å². The third-order valence-corrected chi connectivity index (χ3v) is 6.44. The lowest BCUT2D eigenvalue weighted by molar-refractivity contribution is -0.117. The molecule has 2 aromatic rings. The molecule has 1 aliphatic rings. The van der Waals surface area contributed by atoms with Gasteiger partial charge < -0.3 is 10.0 Å². The summed E-state index contributed by atoms with van der Waals surface area (Å²) in [5.41, 5.74) is 1.93. The Morgan fingerprint density at radius 2 is 2.00 bits per heavy atom. The second-order valence-corrected chi connectivity index (χ2v) is 8.56. The van der Waals surface area contributed by atoms with E-state index < -0.39 is 6.10 Å². The number of amides is 1. The van der Waals surface area contributed by atoms with Crippen LogP contribution in [0.4, 0.5) is 5.69 Å². The van der Waals surface area contributed by atoms with E-state index in [2.05, 4.69) is 24.4 Å². The molecule has 3 rings (SSSR count). The summed E-state index contributed by atoms with van der Waals surface area (Å²) in [6, 6.07) is 12.6. The largest absolute Gasteiger partial charge is 0.388 e. The molecule has 0 aliphatic carbocycles. The maximum absolute atomic E-state index is 12.4. The van der Waals surface area contributed by atoms with Gasteiger partial charge in [-0.25, -0.2) is 0 Å². The molecule has 3 nitrogen and oxygen atoms in total. The van der Waals surface area contributed by atoms with Crippen molar-refractivity contribution in [1.29, 1.82) is 0 Å². The SMILES string of the molecule is CCCCC[C@@H](O)c1ccc(N2C(=O)CC[C@@H]2CCCc2cccs2)cc1. The van der Waals surface area contributed by atoms with Gasteiger partial charge in [-0.3, -0.25) is 4.79 Å². The van der Waals surface area contributed by atoms with Gasteiger partial charge in [0.1, 0.15) is 0 Å². The summed E-state index contributed by atoms with van der Waals surface area (Å²) in [7, 11) is 0. The number of aliphatic hydroxyl groups is 1. The van der Waals surface area contributed by atoms with Crippen LogP contribution in [-0.2, 0) is 11.2 Å². The minimum Gasteiger partial charge on any atom is -0.388 e. The summed E-state index contributed by atoms with van der Waals surface area (Å²) in [4.78, 5) is 15.9. The number of thiophene rings is 1. The maximum Gasteiger partial charge on any atom is 0.227 e. The highest BCUT2D eigenvalue weighted by molar-refractivity contribution is 7.09. The van der Waals surface area contributed by atoms with E-state index in [9.17, 15) is 9.90 Å². The van der Waals surface area contributed by atoms with Crippen LogP contribution in [0.5, 0.6) is 0 Å². The first-order valence-corrected chi connectivity index (χ1v) is 11.2. The predicted molar refractivity (Wildman–Crippen MR) is 113 cm³/mol. The summed E-state index contributed by atoms with van der Waals surface area (Å²) in [5, 5.41) is 12.5. The van der Waals surface area contributed by atoms with Crippen molar-refractivity contribution >= 4 is 22.9 Å². The molecule has 146 valence electrons. The Bertz CT molecular complexity index is 696. The van der Waals surface area contributed by atoms with Crippen molar-refractivity contribution in [3.05, 3.63) is 52.2 Å². The number of aliphatic hydroxyl groups excluding tert-OH is 1. The Hall–Kier alpha value is -1.65. The number of carbonyl (C=O) groups is 1. The molecular formula is C23H31NO2S. The average molecular weight is 386 g/mol. The number of aryl methyl sites for hydroxylation is 1. The Labute approximate surface area is 167 Å².